The minimum atomic E-state index is -4.61. The molecule has 1 rings (SSSR count). The highest BCUT2D eigenvalue weighted by Crippen LogP contribution is 2.33. The molecule has 0 saturated carbocycles. The molecule has 0 aliphatic rings. The van der Waals surface area contributed by atoms with Crippen molar-refractivity contribution in [2.24, 2.45) is 5.73 Å². The van der Waals surface area contributed by atoms with Crippen LogP contribution in [-0.2, 0) is 27.4 Å². The second kappa shape index (κ2) is 6.02. The lowest BCUT2D eigenvalue weighted by molar-refractivity contribution is -0.138. The summed E-state index contributed by atoms with van der Waals surface area (Å²) in [7, 11) is -3.63. The number of carbonyl (C=O) groups is 1. The van der Waals surface area contributed by atoms with Crippen molar-refractivity contribution in [1.82, 2.24) is 0 Å². The van der Waals surface area contributed by atoms with E-state index in [0.717, 1.165) is 25.3 Å². The molecular formula is C12H15F3N2O3S. The first-order valence-corrected chi connectivity index (χ1v) is 7.82. The van der Waals surface area contributed by atoms with Crippen molar-refractivity contribution in [2.75, 3.05) is 11.6 Å². The third-order valence-electron chi connectivity index (χ3n) is 2.91. The van der Waals surface area contributed by atoms with Gasteiger partial charge in [0.2, 0.25) is 5.91 Å². The summed E-state index contributed by atoms with van der Waals surface area (Å²) in [5.74, 6) is -0.897. The van der Waals surface area contributed by atoms with Crippen LogP contribution in [0.1, 0.15) is 18.1 Å². The SMILES string of the molecule is CC(C(=O)Nc1ccc(CN)c(C(F)(F)F)c1)S(C)(=O)=O. The number of nitrogens with two attached hydrogens (primary N) is 1. The van der Waals surface area contributed by atoms with E-state index in [-0.39, 0.29) is 17.8 Å². The monoisotopic (exact) mass is 324 g/mol. The third kappa shape index (κ3) is 4.43. The molecule has 0 aliphatic heterocycles. The average molecular weight is 324 g/mol. The van der Waals surface area contributed by atoms with E-state index in [0.29, 0.717) is 0 Å². The molecule has 118 valence electrons. The number of alkyl halides is 3. The summed E-state index contributed by atoms with van der Waals surface area (Å²) in [6.07, 6.45) is -3.74. The lowest BCUT2D eigenvalue weighted by Crippen LogP contribution is -2.31. The van der Waals surface area contributed by atoms with E-state index in [1.165, 1.54) is 6.07 Å². The van der Waals surface area contributed by atoms with Gasteiger partial charge in [0.25, 0.3) is 0 Å². The number of sulfone groups is 1. The molecular weight excluding hydrogens is 309 g/mol. The number of benzene rings is 1. The number of rotatable bonds is 4. The van der Waals surface area contributed by atoms with Gasteiger partial charge in [-0.05, 0) is 24.6 Å². The minimum Gasteiger partial charge on any atom is -0.326 e. The van der Waals surface area contributed by atoms with Gasteiger partial charge < -0.3 is 11.1 Å². The molecule has 5 nitrogen and oxygen atoms in total. The van der Waals surface area contributed by atoms with E-state index in [4.69, 9.17) is 5.73 Å². The van der Waals surface area contributed by atoms with Gasteiger partial charge in [0.15, 0.2) is 9.84 Å². The summed E-state index contributed by atoms with van der Waals surface area (Å²) in [5.41, 5.74) is 4.02. The molecule has 0 spiro atoms. The molecule has 1 aromatic rings. The lowest BCUT2D eigenvalue weighted by atomic mass is 10.1. The Balaban J connectivity index is 3.09. The first kappa shape index (κ1) is 17.4. The van der Waals surface area contributed by atoms with E-state index in [1.54, 1.807) is 0 Å². The molecule has 1 unspecified atom stereocenters. The number of carbonyl (C=O) groups excluding carboxylic acids is 1. The summed E-state index contributed by atoms with van der Waals surface area (Å²) in [5, 5.41) is 0.793. The van der Waals surface area contributed by atoms with Gasteiger partial charge in [0.1, 0.15) is 5.25 Å². The molecule has 0 aliphatic carbocycles. The molecule has 0 fully saturated rings. The Kier molecular flexibility index (Phi) is 5.00. The van der Waals surface area contributed by atoms with Crippen molar-refractivity contribution in [1.29, 1.82) is 0 Å². The Bertz CT molecular complexity index is 642. The Hall–Kier alpha value is -1.61. The van der Waals surface area contributed by atoms with Gasteiger partial charge in [-0.15, -0.1) is 0 Å². The summed E-state index contributed by atoms with van der Waals surface area (Å²) < 4.78 is 61.0. The molecule has 0 saturated heterocycles. The fraction of sp³-hybridized carbons (Fsp3) is 0.417. The normalized spacial score (nSPS) is 13.8. The molecule has 1 aromatic carbocycles. The molecule has 1 amide bonds. The van der Waals surface area contributed by atoms with Gasteiger partial charge in [-0.3, -0.25) is 4.79 Å². The largest absolute Gasteiger partial charge is 0.416 e. The quantitative estimate of drug-likeness (QED) is 0.879. The van der Waals surface area contributed by atoms with E-state index >= 15 is 0 Å². The maximum Gasteiger partial charge on any atom is 0.416 e. The van der Waals surface area contributed by atoms with Crippen molar-refractivity contribution in [2.45, 2.75) is 24.9 Å². The maximum atomic E-state index is 12.8. The zero-order valence-corrected chi connectivity index (χ0v) is 12.2. The molecule has 0 radical (unpaired) electrons. The predicted octanol–water partition coefficient (Wildman–Crippen LogP) is 1.54. The topological polar surface area (TPSA) is 89.3 Å². The van der Waals surface area contributed by atoms with Crippen LogP contribution in [0, 0.1) is 0 Å². The highest BCUT2D eigenvalue weighted by atomic mass is 32.2. The highest BCUT2D eigenvalue weighted by Gasteiger charge is 2.33. The fourth-order valence-corrected chi connectivity index (χ4v) is 1.98. The third-order valence-corrected chi connectivity index (χ3v) is 4.41. The van der Waals surface area contributed by atoms with Crippen LogP contribution in [0.4, 0.5) is 18.9 Å². The van der Waals surface area contributed by atoms with E-state index in [2.05, 4.69) is 5.32 Å². The zero-order chi connectivity index (χ0) is 16.4. The van der Waals surface area contributed by atoms with Gasteiger partial charge in [-0.25, -0.2) is 8.42 Å². The number of hydrogen-bond acceptors (Lipinski definition) is 4. The van der Waals surface area contributed by atoms with Crippen LogP contribution >= 0.6 is 0 Å². The molecule has 9 heteroatoms. The van der Waals surface area contributed by atoms with Crippen molar-refractivity contribution < 1.29 is 26.4 Å². The minimum absolute atomic E-state index is 0.114. The summed E-state index contributed by atoms with van der Waals surface area (Å²) in [6.45, 7) is 0.854. The van der Waals surface area contributed by atoms with Crippen LogP contribution in [0.3, 0.4) is 0 Å². The van der Waals surface area contributed by atoms with Gasteiger partial charge >= 0.3 is 6.18 Å². The second-order valence-electron chi connectivity index (χ2n) is 4.53. The summed E-state index contributed by atoms with van der Waals surface area (Å²) in [4.78, 5) is 11.7. The average Bonchev–Trinajstić information content (AvgIpc) is 2.35. The van der Waals surface area contributed by atoms with Crippen LogP contribution in [0.5, 0.6) is 0 Å². The number of halogens is 3. The van der Waals surface area contributed by atoms with Crippen molar-refractivity contribution in [3.05, 3.63) is 29.3 Å². The van der Waals surface area contributed by atoms with Crippen LogP contribution in [0.25, 0.3) is 0 Å². The number of hydrogen-bond donors (Lipinski definition) is 2. The number of nitrogens with one attached hydrogen (secondary N) is 1. The standard InChI is InChI=1S/C12H15F3N2O3S/c1-7(21(2,19)20)11(18)17-9-4-3-8(6-16)10(5-9)12(13,14)15/h3-5,7H,6,16H2,1-2H3,(H,17,18). The van der Waals surface area contributed by atoms with E-state index in [9.17, 15) is 26.4 Å². The number of amides is 1. The molecule has 0 heterocycles. The van der Waals surface area contributed by atoms with Crippen LogP contribution in [-0.4, -0.2) is 25.8 Å². The maximum absolute atomic E-state index is 12.8. The summed E-state index contributed by atoms with van der Waals surface area (Å²) in [6, 6.07) is 3.11. The van der Waals surface area contributed by atoms with Gasteiger partial charge in [0.05, 0.1) is 5.56 Å². The Labute approximate surface area is 120 Å². The molecule has 0 aromatic heterocycles. The van der Waals surface area contributed by atoms with Crippen molar-refractivity contribution in [3.63, 3.8) is 0 Å². The van der Waals surface area contributed by atoms with Gasteiger partial charge in [0, 0.05) is 18.5 Å². The van der Waals surface area contributed by atoms with E-state index in [1.807, 2.05) is 0 Å². The first-order valence-electron chi connectivity index (χ1n) is 5.86. The predicted molar refractivity (Wildman–Crippen MR) is 72.3 cm³/mol. The Morgan fingerprint density at radius 1 is 1.38 bits per heavy atom. The molecule has 1 atom stereocenters. The van der Waals surface area contributed by atoms with Crippen LogP contribution < -0.4 is 11.1 Å². The Morgan fingerprint density at radius 2 is 1.95 bits per heavy atom. The first-order chi connectivity index (χ1) is 9.46. The highest BCUT2D eigenvalue weighted by molar-refractivity contribution is 7.92. The van der Waals surface area contributed by atoms with Crippen LogP contribution in [0.2, 0.25) is 0 Å². The van der Waals surface area contributed by atoms with Crippen molar-refractivity contribution >= 4 is 21.4 Å². The molecule has 21 heavy (non-hydrogen) atoms. The second-order valence-corrected chi connectivity index (χ2v) is 6.90. The fourth-order valence-electron chi connectivity index (χ4n) is 1.53. The summed E-state index contributed by atoms with van der Waals surface area (Å²) >= 11 is 0. The lowest BCUT2D eigenvalue weighted by Gasteiger charge is -2.15. The Morgan fingerprint density at radius 3 is 2.38 bits per heavy atom. The molecule has 0 bridgehead atoms. The van der Waals surface area contributed by atoms with Gasteiger partial charge in [-0.1, -0.05) is 6.07 Å². The smallest absolute Gasteiger partial charge is 0.326 e. The van der Waals surface area contributed by atoms with Crippen molar-refractivity contribution in [3.8, 4) is 0 Å². The zero-order valence-electron chi connectivity index (χ0n) is 11.4. The molecule has 3 N–H and O–H groups in total. The number of anilines is 1. The van der Waals surface area contributed by atoms with Gasteiger partial charge in [-0.2, -0.15) is 13.2 Å². The van der Waals surface area contributed by atoms with E-state index < -0.39 is 32.7 Å². The van der Waals surface area contributed by atoms with Crippen LogP contribution in [0.15, 0.2) is 18.2 Å².